The van der Waals surface area contributed by atoms with Crippen LogP contribution in [0, 0.1) is 6.92 Å². The van der Waals surface area contributed by atoms with Crippen LogP contribution < -0.4 is 10.2 Å². The lowest BCUT2D eigenvalue weighted by molar-refractivity contribution is -0.120. The SMILES string of the molecule is Cc1ccc2c(CC(=O)NCCc3ccc(N(C)C)cc3)coc2c1. The van der Waals surface area contributed by atoms with E-state index in [1.807, 2.05) is 39.2 Å². The molecule has 0 saturated heterocycles. The van der Waals surface area contributed by atoms with Gasteiger partial charge in [0.1, 0.15) is 5.58 Å². The average Bonchev–Trinajstić information content (AvgIpc) is 2.97. The molecule has 0 aliphatic carbocycles. The van der Waals surface area contributed by atoms with Gasteiger partial charge in [0.25, 0.3) is 0 Å². The van der Waals surface area contributed by atoms with E-state index in [9.17, 15) is 4.79 Å². The molecule has 2 aromatic carbocycles. The third kappa shape index (κ3) is 4.21. The van der Waals surface area contributed by atoms with Crippen LogP contribution in [0.4, 0.5) is 5.69 Å². The standard InChI is InChI=1S/C21H24N2O2/c1-15-4-9-19-17(14-25-20(19)12-15)13-21(24)22-11-10-16-5-7-18(8-6-16)23(2)3/h4-9,12,14H,10-11,13H2,1-3H3,(H,22,24). The van der Waals surface area contributed by atoms with E-state index in [1.54, 1.807) is 6.26 Å². The number of nitrogens with zero attached hydrogens (tertiary/aromatic N) is 1. The molecule has 3 rings (SSSR count). The molecule has 3 aromatic rings. The number of rotatable bonds is 6. The Morgan fingerprint density at radius 3 is 2.60 bits per heavy atom. The summed E-state index contributed by atoms with van der Waals surface area (Å²) in [5.41, 5.74) is 5.31. The number of hydrogen-bond acceptors (Lipinski definition) is 3. The number of benzene rings is 2. The minimum absolute atomic E-state index is 0.0215. The first kappa shape index (κ1) is 17.1. The molecule has 4 heteroatoms. The lowest BCUT2D eigenvalue weighted by atomic mass is 10.1. The fourth-order valence-electron chi connectivity index (χ4n) is 2.87. The van der Waals surface area contributed by atoms with Crippen LogP contribution in [0.5, 0.6) is 0 Å². The molecule has 0 unspecified atom stereocenters. The largest absolute Gasteiger partial charge is 0.464 e. The van der Waals surface area contributed by atoms with Crippen LogP contribution in [0.1, 0.15) is 16.7 Å². The molecule has 0 aliphatic heterocycles. The van der Waals surface area contributed by atoms with Gasteiger partial charge in [-0.05, 0) is 42.7 Å². The second-order valence-electron chi connectivity index (χ2n) is 6.60. The maximum atomic E-state index is 12.2. The number of carbonyl (C=O) groups is 1. The molecule has 1 N–H and O–H groups in total. The third-order valence-corrected chi connectivity index (χ3v) is 4.35. The Hall–Kier alpha value is -2.75. The predicted octanol–water partition coefficient (Wildman–Crippen LogP) is 3.71. The molecular weight excluding hydrogens is 312 g/mol. The monoisotopic (exact) mass is 336 g/mol. The highest BCUT2D eigenvalue weighted by atomic mass is 16.3. The van der Waals surface area contributed by atoms with Gasteiger partial charge in [-0.1, -0.05) is 24.3 Å². The molecule has 25 heavy (non-hydrogen) atoms. The minimum Gasteiger partial charge on any atom is -0.464 e. The van der Waals surface area contributed by atoms with Gasteiger partial charge in [-0.2, -0.15) is 0 Å². The molecule has 0 saturated carbocycles. The van der Waals surface area contributed by atoms with Crippen LogP contribution in [0.15, 0.2) is 53.1 Å². The van der Waals surface area contributed by atoms with Crippen LogP contribution in [0.25, 0.3) is 11.0 Å². The van der Waals surface area contributed by atoms with Gasteiger partial charge >= 0.3 is 0 Å². The Bertz CT molecular complexity index is 863. The second kappa shape index (κ2) is 7.43. The number of aryl methyl sites for hydroxylation is 1. The number of carbonyl (C=O) groups excluding carboxylic acids is 1. The van der Waals surface area contributed by atoms with E-state index in [0.717, 1.165) is 28.5 Å². The maximum absolute atomic E-state index is 12.2. The van der Waals surface area contributed by atoms with Crippen LogP contribution in [0.3, 0.4) is 0 Å². The number of anilines is 1. The zero-order valence-electron chi connectivity index (χ0n) is 15.0. The third-order valence-electron chi connectivity index (χ3n) is 4.35. The van der Waals surface area contributed by atoms with Gasteiger partial charge in [-0.25, -0.2) is 0 Å². The fraction of sp³-hybridized carbons (Fsp3) is 0.286. The van der Waals surface area contributed by atoms with Crippen molar-refractivity contribution in [2.24, 2.45) is 0 Å². The van der Waals surface area contributed by atoms with Crippen LogP contribution in [-0.4, -0.2) is 26.5 Å². The lowest BCUT2D eigenvalue weighted by Crippen LogP contribution is -2.27. The molecule has 0 radical (unpaired) electrons. The van der Waals surface area contributed by atoms with Crippen molar-refractivity contribution in [1.29, 1.82) is 0 Å². The molecule has 0 bridgehead atoms. The first-order chi connectivity index (χ1) is 12.0. The van der Waals surface area contributed by atoms with Crippen LogP contribution in [-0.2, 0) is 17.6 Å². The summed E-state index contributed by atoms with van der Waals surface area (Å²) >= 11 is 0. The molecule has 1 aromatic heterocycles. The summed E-state index contributed by atoms with van der Waals surface area (Å²) in [6, 6.07) is 14.4. The van der Waals surface area contributed by atoms with E-state index in [-0.39, 0.29) is 5.91 Å². The van der Waals surface area contributed by atoms with Crippen molar-refractivity contribution in [2.75, 3.05) is 25.5 Å². The number of amides is 1. The molecule has 4 nitrogen and oxygen atoms in total. The van der Waals surface area contributed by atoms with Gasteiger partial charge in [0.05, 0.1) is 12.7 Å². The molecule has 1 heterocycles. The number of nitrogens with one attached hydrogen (secondary N) is 1. The number of hydrogen-bond donors (Lipinski definition) is 1. The van der Waals surface area contributed by atoms with E-state index in [0.29, 0.717) is 13.0 Å². The highest BCUT2D eigenvalue weighted by molar-refractivity contribution is 5.87. The van der Waals surface area contributed by atoms with Gasteiger partial charge in [0.15, 0.2) is 0 Å². The lowest BCUT2D eigenvalue weighted by Gasteiger charge is -2.12. The Labute approximate surface area is 148 Å². The highest BCUT2D eigenvalue weighted by Crippen LogP contribution is 2.22. The van der Waals surface area contributed by atoms with E-state index in [1.165, 1.54) is 11.3 Å². The van der Waals surface area contributed by atoms with Crippen molar-refractivity contribution in [2.45, 2.75) is 19.8 Å². The summed E-state index contributed by atoms with van der Waals surface area (Å²) in [7, 11) is 4.05. The van der Waals surface area contributed by atoms with Gasteiger partial charge in [0.2, 0.25) is 5.91 Å². The van der Waals surface area contributed by atoms with E-state index in [4.69, 9.17) is 4.42 Å². The van der Waals surface area contributed by atoms with Gasteiger partial charge < -0.3 is 14.6 Å². The van der Waals surface area contributed by atoms with Crippen molar-refractivity contribution in [1.82, 2.24) is 5.32 Å². The van der Waals surface area contributed by atoms with Gasteiger partial charge in [-0.15, -0.1) is 0 Å². The summed E-state index contributed by atoms with van der Waals surface area (Å²) < 4.78 is 5.55. The van der Waals surface area contributed by atoms with Crippen molar-refractivity contribution in [3.05, 3.63) is 65.4 Å². The quantitative estimate of drug-likeness (QED) is 0.746. The zero-order valence-corrected chi connectivity index (χ0v) is 15.0. The Balaban J connectivity index is 1.52. The Kier molecular flexibility index (Phi) is 5.08. The topological polar surface area (TPSA) is 45.5 Å². The highest BCUT2D eigenvalue weighted by Gasteiger charge is 2.10. The molecule has 0 spiro atoms. The normalized spacial score (nSPS) is 10.8. The van der Waals surface area contributed by atoms with Gasteiger partial charge in [-0.3, -0.25) is 4.79 Å². The summed E-state index contributed by atoms with van der Waals surface area (Å²) in [4.78, 5) is 14.3. The summed E-state index contributed by atoms with van der Waals surface area (Å²) in [6.07, 6.45) is 2.85. The Morgan fingerprint density at radius 1 is 1.12 bits per heavy atom. The maximum Gasteiger partial charge on any atom is 0.224 e. The van der Waals surface area contributed by atoms with E-state index in [2.05, 4.69) is 34.5 Å². The fourth-order valence-corrected chi connectivity index (χ4v) is 2.87. The van der Waals surface area contributed by atoms with Gasteiger partial charge in [0, 0.05) is 37.3 Å². The first-order valence-corrected chi connectivity index (χ1v) is 8.52. The van der Waals surface area contributed by atoms with Crippen molar-refractivity contribution >= 4 is 22.6 Å². The molecule has 130 valence electrons. The summed E-state index contributed by atoms with van der Waals surface area (Å²) in [5, 5.41) is 4.01. The minimum atomic E-state index is 0.0215. The zero-order chi connectivity index (χ0) is 17.8. The average molecular weight is 336 g/mol. The number of fused-ring (bicyclic) bond motifs is 1. The summed E-state index contributed by atoms with van der Waals surface area (Å²) in [5.74, 6) is 0.0215. The van der Waals surface area contributed by atoms with E-state index >= 15 is 0 Å². The molecular formula is C21H24N2O2. The van der Waals surface area contributed by atoms with Crippen LogP contribution >= 0.6 is 0 Å². The molecule has 0 fully saturated rings. The summed E-state index contributed by atoms with van der Waals surface area (Å²) in [6.45, 7) is 2.66. The van der Waals surface area contributed by atoms with E-state index < -0.39 is 0 Å². The second-order valence-corrected chi connectivity index (χ2v) is 6.60. The van der Waals surface area contributed by atoms with Crippen molar-refractivity contribution in [3.63, 3.8) is 0 Å². The molecule has 0 aliphatic rings. The van der Waals surface area contributed by atoms with Crippen molar-refractivity contribution in [3.8, 4) is 0 Å². The Morgan fingerprint density at radius 2 is 1.88 bits per heavy atom. The number of furan rings is 1. The molecule has 1 amide bonds. The first-order valence-electron chi connectivity index (χ1n) is 8.52. The predicted molar refractivity (Wildman–Crippen MR) is 102 cm³/mol. The van der Waals surface area contributed by atoms with Crippen molar-refractivity contribution < 1.29 is 9.21 Å². The molecule has 0 atom stereocenters. The van der Waals surface area contributed by atoms with Crippen LogP contribution in [0.2, 0.25) is 0 Å². The smallest absolute Gasteiger partial charge is 0.224 e.